The predicted molar refractivity (Wildman–Crippen MR) is 116 cm³/mol. The molecule has 130 valence electrons. The van der Waals surface area contributed by atoms with Gasteiger partial charge in [0.2, 0.25) is 0 Å². The van der Waals surface area contributed by atoms with Crippen molar-refractivity contribution < 1.29 is 0 Å². The van der Waals surface area contributed by atoms with E-state index in [2.05, 4.69) is 111 Å². The van der Waals surface area contributed by atoms with Crippen LogP contribution in [-0.2, 0) is 6.54 Å². The van der Waals surface area contributed by atoms with Crippen molar-refractivity contribution in [3.8, 4) is 11.3 Å². The number of nitrogens with zero attached hydrogens (tertiary/aromatic N) is 2. The summed E-state index contributed by atoms with van der Waals surface area (Å²) >= 11 is 3.51. The Kier molecular flexibility index (Phi) is 4.02. The summed E-state index contributed by atoms with van der Waals surface area (Å²) in [6, 6.07) is 31.7. The number of fused-ring (bicyclic) bond motifs is 3. The van der Waals surface area contributed by atoms with E-state index in [0.717, 1.165) is 27.9 Å². The molecule has 0 aliphatic rings. The zero-order valence-corrected chi connectivity index (χ0v) is 16.2. The molecule has 3 heteroatoms. The van der Waals surface area contributed by atoms with E-state index < -0.39 is 0 Å². The standard InChI is InChI=1S/C24H17BrN2/c25-19-12-10-18(11-13-19)22-15-14-21-20-8-4-5-9-23(20)27(24(21)26-22)16-17-6-2-1-3-7-17/h1-15H,16H2. The molecule has 0 saturated heterocycles. The number of hydrogen-bond donors (Lipinski definition) is 0. The molecule has 0 saturated carbocycles. The van der Waals surface area contributed by atoms with Crippen molar-refractivity contribution in [1.29, 1.82) is 0 Å². The highest BCUT2D eigenvalue weighted by molar-refractivity contribution is 9.10. The van der Waals surface area contributed by atoms with Gasteiger partial charge in [-0.25, -0.2) is 4.98 Å². The molecular formula is C24H17BrN2. The van der Waals surface area contributed by atoms with Gasteiger partial charge in [0.25, 0.3) is 0 Å². The second-order valence-corrected chi connectivity index (χ2v) is 7.58. The Bertz CT molecular complexity index is 1240. The van der Waals surface area contributed by atoms with Gasteiger partial charge >= 0.3 is 0 Å². The van der Waals surface area contributed by atoms with Crippen molar-refractivity contribution in [2.75, 3.05) is 0 Å². The van der Waals surface area contributed by atoms with E-state index in [-0.39, 0.29) is 0 Å². The SMILES string of the molecule is Brc1ccc(-c2ccc3c4ccccc4n(Cc4ccccc4)c3n2)cc1. The lowest BCUT2D eigenvalue weighted by Crippen LogP contribution is -2.00. The average molecular weight is 413 g/mol. The summed E-state index contributed by atoms with van der Waals surface area (Å²) in [5.41, 5.74) is 5.64. The fourth-order valence-electron chi connectivity index (χ4n) is 3.62. The van der Waals surface area contributed by atoms with Gasteiger partial charge in [-0.05, 0) is 35.9 Å². The molecule has 5 rings (SSSR count). The molecule has 0 aliphatic heterocycles. The fraction of sp³-hybridized carbons (Fsp3) is 0.0417. The van der Waals surface area contributed by atoms with Gasteiger partial charge in [0.1, 0.15) is 5.65 Å². The molecule has 5 aromatic rings. The predicted octanol–water partition coefficient (Wildman–Crippen LogP) is 6.67. The molecule has 0 fully saturated rings. The van der Waals surface area contributed by atoms with Crippen LogP contribution in [-0.4, -0.2) is 9.55 Å². The number of pyridine rings is 1. The van der Waals surface area contributed by atoms with Crippen LogP contribution in [0.5, 0.6) is 0 Å². The maximum absolute atomic E-state index is 5.06. The monoisotopic (exact) mass is 412 g/mol. The molecule has 27 heavy (non-hydrogen) atoms. The Labute approximate surface area is 166 Å². The van der Waals surface area contributed by atoms with Crippen molar-refractivity contribution in [3.05, 3.63) is 101 Å². The number of rotatable bonds is 3. The minimum absolute atomic E-state index is 0.807. The Balaban J connectivity index is 1.74. The van der Waals surface area contributed by atoms with Gasteiger partial charge in [-0.2, -0.15) is 0 Å². The number of aromatic nitrogens is 2. The average Bonchev–Trinajstić information content (AvgIpc) is 3.03. The van der Waals surface area contributed by atoms with Gasteiger partial charge < -0.3 is 4.57 Å². The van der Waals surface area contributed by atoms with Crippen molar-refractivity contribution >= 4 is 37.9 Å². The van der Waals surface area contributed by atoms with Crippen LogP contribution in [0, 0.1) is 0 Å². The summed E-state index contributed by atoms with van der Waals surface area (Å²) in [5, 5.41) is 2.45. The molecular weight excluding hydrogens is 396 g/mol. The number of hydrogen-bond acceptors (Lipinski definition) is 1. The van der Waals surface area contributed by atoms with Crippen molar-refractivity contribution in [2.45, 2.75) is 6.54 Å². The summed E-state index contributed by atoms with van der Waals surface area (Å²) < 4.78 is 3.40. The zero-order chi connectivity index (χ0) is 18.2. The number of para-hydroxylation sites is 1. The summed E-state index contributed by atoms with van der Waals surface area (Å²) in [6.07, 6.45) is 0. The van der Waals surface area contributed by atoms with Gasteiger partial charge in [-0.15, -0.1) is 0 Å². The third-order valence-electron chi connectivity index (χ3n) is 4.94. The molecule has 0 amide bonds. The van der Waals surface area contributed by atoms with E-state index in [1.807, 2.05) is 0 Å². The smallest absolute Gasteiger partial charge is 0.142 e. The van der Waals surface area contributed by atoms with E-state index in [9.17, 15) is 0 Å². The molecule has 0 unspecified atom stereocenters. The molecule has 2 nitrogen and oxygen atoms in total. The summed E-state index contributed by atoms with van der Waals surface area (Å²) in [4.78, 5) is 5.06. The first kappa shape index (κ1) is 16.3. The maximum atomic E-state index is 5.06. The highest BCUT2D eigenvalue weighted by Crippen LogP contribution is 2.31. The van der Waals surface area contributed by atoms with Gasteiger partial charge in [-0.3, -0.25) is 0 Å². The van der Waals surface area contributed by atoms with Crippen LogP contribution in [0.25, 0.3) is 33.2 Å². The van der Waals surface area contributed by atoms with E-state index in [0.29, 0.717) is 0 Å². The van der Waals surface area contributed by atoms with E-state index in [4.69, 9.17) is 4.98 Å². The summed E-state index contributed by atoms with van der Waals surface area (Å²) in [7, 11) is 0. The highest BCUT2D eigenvalue weighted by atomic mass is 79.9. The van der Waals surface area contributed by atoms with Crippen LogP contribution < -0.4 is 0 Å². The van der Waals surface area contributed by atoms with E-state index in [1.54, 1.807) is 0 Å². The van der Waals surface area contributed by atoms with Crippen LogP contribution in [0.1, 0.15) is 5.56 Å². The minimum Gasteiger partial charge on any atom is -0.321 e. The van der Waals surface area contributed by atoms with Gasteiger partial charge in [0.15, 0.2) is 0 Å². The van der Waals surface area contributed by atoms with Crippen LogP contribution >= 0.6 is 15.9 Å². The second kappa shape index (κ2) is 6.67. The van der Waals surface area contributed by atoms with Crippen LogP contribution in [0.4, 0.5) is 0 Å². The Morgan fingerprint density at radius 1 is 0.704 bits per heavy atom. The second-order valence-electron chi connectivity index (χ2n) is 6.66. The molecule has 0 atom stereocenters. The first-order valence-electron chi connectivity index (χ1n) is 8.97. The maximum Gasteiger partial charge on any atom is 0.142 e. The normalized spacial score (nSPS) is 11.3. The molecule has 2 aromatic heterocycles. The van der Waals surface area contributed by atoms with E-state index in [1.165, 1.54) is 21.9 Å². The highest BCUT2D eigenvalue weighted by Gasteiger charge is 2.13. The molecule has 0 bridgehead atoms. The molecule has 0 spiro atoms. The van der Waals surface area contributed by atoms with Gasteiger partial charge in [0.05, 0.1) is 11.2 Å². The zero-order valence-electron chi connectivity index (χ0n) is 14.6. The number of halogens is 1. The van der Waals surface area contributed by atoms with Crippen LogP contribution in [0.3, 0.4) is 0 Å². The Morgan fingerprint density at radius 3 is 2.26 bits per heavy atom. The number of benzene rings is 3. The Hall–Kier alpha value is -2.91. The minimum atomic E-state index is 0.807. The first-order valence-corrected chi connectivity index (χ1v) is 9.77. The molecule has 0 radical (unpaired) electrons. The summed E-state index contributed by atoms with van der Waals surface area (Å²) in [6.45, 7) is 0.807. The third kappa shape index (κ3) is 2.94. The van der Waals surface area contributed by atoms with Crippen LogP contribution in [0.2, 0.25) is 0 Å². The quantitative estimate of drug-likeness (QED) is 0.323. The molecule has 0 N–H and O–H groups in total. The van der Waals surface area contributed by atoms with Gasteiger partial charge in [-0.1, -0.05) is 76.6 Å². The largest absolute Gasteiger partial charge is 0.321 e. The van der Waals surface area contributed by atoms with E-state index >= 15 is 0 Å². The molecule has 2 heterocycles. The first-order chi connectivity index (χ1) is 13.3. The lowest BCUT2D eigenvalue weighted by atomic mass is 10.1. The molecule has 3 aromatic carbocycles. The van der Waals surface area contributed by atoms with Crippen molar-refractivity contribution in [3.63, 3.8) is 0 Å². The van der Waals surface area contributed by atoms with Crippen LogP contribution in [0.15, 0.2) is 95.5 Å². The molecule has 0 aliphatic carbocycles. The topological polar surface area (TPSA) is 17.8 Å². The van der Waals surface area contributed by atoms with Crippen molar-refractivity contribution in [1.82, 2.24) is 9.55 Å². The fourth-order valence-corrected chi connectivity index (χ4v) is 3.89. The lowest BCUT2D eigenvalue weighted by molar-refractivity contribution is 0.857. The Morgan fingerprint density at radius 2 is 1.44 bits per heavy atom. The van der Waals surface area contributed by atoms with Gasteiger partial charge in [0, 0.05) is 27.4 Å². The van der Waals surface area contributed by atoms with Crippen molar-refractivity contribution in [2.24, 2.45) is 0 Å². The third-order valence-corrected chi connectivity index (χ3v) is 5.47. The lowest BCUT2D eigenvalue weighted by Gasteiger charge is -2.08. The summed E-state index contributed by atoms with van der Waals surface area (Å²) in [5.74, 6) is 0.